The van der Waals surface area contributed by atoms with Crippen molar-refractivity contribution in [2.45, 2.75) is 34.1 Å². The first kappa shape index (κ1) is 17.7. The van der Waals surface area contributed by atoms with Crippen LogP contribution in [-0.4, -0.2) is 49.0 Å². The smallest absolute Gasteiger partial charge is 0.233 e. The molecule has 112 valence electrons. The number of nitrogens with zero attached hydrogens (tertiary/aromatic N) is 2. The Morgan fingerprint density at radius 1 is 1.37 bits per heavy atom. The van der Waals surface area contributed by atoms with E-state index in [-0.39, 0.29) is 17.2 Å². The molecule has 0 aromatic carbocycles. The van der Waals surface area contributed by atoms with Gasteiger partial charge in [-0.05, 0) is 32.9 Å². The van der Waals surface area contributed by atoms with Crippen LogP contribution in [0.2, 0.25) is 0 Å². The first-order valence-electron chi connectivity index (χ1n) is 6.50. The zero-order valence-electron chi connectivity index (χ0n) is 12.9. The highest BCUT2D eigenvalue weighted by Crippen LogP contribution is 2.22. The van der Waals surface area contributed by atoms with Crippen molar-refractivity contribution in [3.8, 4) is 0 Å². The summed E-state index contributed by atoms with van der Waals surface area (Å²) in [5, 5.41) is 14.6. The Morgan fingerprint density at radius 2 is 1.89 bits per heavy atom. The molecule has 0 aliphatic heterocycles. The van der Waals surface area contributed by atoms with Gasteiger partial charge < -0.3 is 21.2 Å². The lowest BCUT2D eigenvalue weighted by atomic mass is 9.84. The van der Waals surface area contributed by atoms with E-state index < -0.39 is 5.41 Å². The van der Waals surface area contributed by atoms with E-state index >= 15 is 0 Å². The first-order chi connectivity index (χ1) is 8.59. The number of amides is 1. The van der Waals surface area contributed by atoms with Gasteiger partial charge in [-0.2, -0.15) is 0 Å². The fraction of sp³-hybridized carbons (Fsp3) is 0.846. The zero-order valence-corrected chi connectivity index (χ0v) is 12.9. The lowest BCUT2D eigenvalue weighted by Crippen LogP contribution is -2.50. The van der Waals surface area contributed by atoms with Crippen molar-refractivity contribution in [3.63, 3.8) is 0 Å². The first-order valence-corrected chi connectivity index (χ1v) is 6.50. The van der Waals surface area contributed by atoms with Crippen molar-refractivity contribution in [3.05, 3.63) is 0 Å². The number of hydrogen-bond acceptors (Lipinski definition) is 4. The second-order valence-electron chi connectivity index (χ2n) is 6.26. The molecule has 1 atom stereocenters. The fourth-order valence-electron chi connectivity index (χ4n) is 1.99. The largest absolute Gasteiger partial charge is 0.409 e. The fourth-order valence-corrected chi connectivity index (χ4v) is 1.99. The van der Waals surface area contributed by atoms with Gasteiger partial charge >= 0.3 is 0 Å². The summed E-state index contributed by atoms with van der Waals surface area (Å²) in [5.41, 5.74) is 4.60. The van der Waals surface area contributed by atoms with Gasteiger partial charge in [0.1, 0.15) is 5.41 Å². The molecule has 4 N–H and O–H groups in total. The molecule has 0 saturated carbocycles. The normalized spacial score (nSPS) is 16.3. The standard InChI is InChI=1S/C13H28N4O2/c1-7-13(4,10(14)16-19)11(18)15-8-12(2,3)9-17(5)6/h19H,7-9H2,1-6H3,(H2,14,16)(H,15,18). The summed E-state index contributed by atoms with van der Waals surface area (Å²) in [6, 6.07) is 0. The zero-order chi connectivity index (χ0) is 15.3. The van der Waals surface area contributed by atoms with Crippen LogP contribution in [0.3, 0.4) is 0 Å². The Labute approximate surface area is 116 Å². The number of hydrogen-bond donors (Lipinski definition) is 3. The van der Waals surface area contributed by atoms with E-state index in [4.69, 9.17) is 10.9 Å². The quantitative estimate of drug-likeness (QED) is 0.277. The Hall–Kier alpha value is -1.30. The average Bonchev–Trinajstić information content (AvgIpc) is 2.32. The Bertz CT molecular complexity index is 340. The van der Waals surface area contributed by atoms with E-state index in [1.54, 1.807) is 6.92 Å². The van der Waals surface area contributed by atoms with E-state index in [1.165, 1.54) is 0 Å². The number of carbonyl (C=O) groups is 1. The van der Waals surface area contributed by atoms with Crippen molar-refractivity contribution < 1.29 is 10.0 Å². The van der Waals surface area contributed by atoms with Crippen LogP contribution in [-0.2, 0) is 4.79 Å². The molecule has 0 spiro atoms. The van der Waals surface area contributed by atoms with Crippen LogP contribution in [0.4, 0.5) is 0 Å². The second-order valence-corrected chi connectivity index (χ2v) is 6.26. The molecular formula is C13H28N4O2. The van der Waals surface area contributed by atoms with Crippen LogP contribution < -0.4 is 11.1 Å². The van der Waals surface area contributed by atoms with Gasteiger partial charge in [0, 0.05) is 13.1 Å². The third kappa shape index (κ3) is 5.06. The monoisotopic (exact) mass is 272 g/mol. The predicted octanol–water partition coefficient (Wildman–Crippen LogP) is 0.853. The van der Waals surface area contributed by atoms with Crippen LogP contribution >= 0.6 is 0 Å². The summed E-state index contributed by atoms with van der Waals surface area (Å²) >= 11 is 0. The number of carbonyl (C=O) groups excluding carboxylic acids is 1. The van der Waals surface area contributed by atoms with Gasteiger partial charge in [0.25, 0.3) is 0 Å². The third-order valence-electron chi connectivity index (χ3n) is 3.35. The van der Waals surface area contributed by atoms with E-state index in [2.05, 4.69) is 29.2 Å². The number of amidine groups is 1. The van der Waals surface area contributed by atoms with Gasteiger partial charge in [0.15, 0.2) is 5.84 Å². The number of nitrogens with two attached hydrogens (primary N) is 1. The highest BCUT2D eigenvalue weighted by Gasteiger charge is 2.37. The molecule has 0 bridgehead atoms. The SMILES string of the molecule is CCC(C)(C(=O)NCC(C)(C)CN(C)C)C(N)=NO. The van der Waals surface area contributed by atoms with E-state index in [1.807, 2.05) is 21.0 Å². The van der Waals surface area contributed by atoms with Crippen molar-refractivity contribution in [2.24, 2.45) is 21.7 Å². The molecule has 0 aliphatic carbocycles. The second kappa shape index (κ2) is 6.75. The van der Waals surface area contributed by atoms with E-state index in [9.17, 15) is 4.79 Å². The number of rotatable bonds is 7. The summed E-state index contributed by atoms with van der Waals surface area (Å²) in [7, 11) is 3.99. The molecule has 0 rings (SSSR count). The summed E-state index contributed by atoms with van der Waals surface area (Å²) < 4.78 is 0. The molecule has 0 aliphatic rings. The maximum atomic E-state index is 12.2. The van der Waals surface area contributed by atoms with Gasteiger partial charge in [-0.25, -0.2) is 0 Å². The lowest BCUT2D eigenvalue weighted by Gasteiger charge is -2.31. The van der Waals surface area contributed by atoms with Crippen LogP contribution in [0.1, 0.15) is 34.1 Å². The lowest BCUT2D eigenvalue weighted by molar-refractivity contribution is -0.127. The summed E-state index contributed by atoms with van der Waals surface area (Å²) in [5.74, 6) is -0.268. The molecule has 0 heterocycles. The molecule has 0 saturated heterocycles. The molecular weight excluding hydrogens is 244 g/mol. The van der Waals surface area contributed by atoms with Gasteiger partial charge in [-0.1, -0.05) is 25.9 Å². The highest BCUT2D eigenvalue weighted by molar-refractivity contribution is 6.06. The average molecular weight is 272 g/mol. The van der Waals surface area contributed by atoms with Crippen molar-refractivity contribution in [1.29, 1.82) is 0 Å². The number of nitrogens with one attached hydrogen (secondary N) is 1. The predicted molar refractivity (Wildman–Crippen MR) is 77.2 cm³/mol. The van der Waals surface area contributed by atoms with Crippen LogP contribution in [0.15, 0.2) is 5.16 Å². The molecule has 1 amide bonds. The van der Waals surface area contributed by atoms with Crippen molar-refractivity contribution >= 4 is 11.7 Å². The maximum Gasteiger partial charge on any atom is 0.233 e. The van der Waals surface area contributed by atoms with Gasteiger partial charge in [-0.15, -0.1) is 0 Å². The summed E-state index contributed by atoms with van der Waals surface area (Å²) in [6.07, 6.45) is 0.475. The van der Waals surface area contributed by atoms with Crippen LogP contribution in [0.25, 0.3) is 0 Å². The molecule has 6 heteroatoms. The Morgan fingerprint density at radius 3 is 2.26 bits per heavy atom. The summed E-state index contributed by atoms with van der Waals surface area (Å²) in [4.78, 5) is 14.3. The van der Waals surface area contributed by atoms with Crippen LogP contribution in [0.5, 0.6) is 0 Å². The highest BCUT2D eigenvalue weighted by atomic mass is 16.4. The molecule has 0 radical (unpaired) electrons. The van der Waals surface area contributed by atoms with Gasteiger partial charge in [0.2, 0.25) is 5.91 Å². The van der Waals surface area contributed by atoms with Crippen molar-refractivity contribution in [2.75, 3.05) is 27.2 Å². The van der Waals surface area contributed by atoms with E-state index in [0.29, 0.717) is 13.0 Å². The topological polar surface area (TPSA) is 91.0 Å². The van der Waals surface area contributed by atoms with Crippen molar-refractivity contribution in [1.82, 2.24) is 10.2 Å². The Kier molecular flexibility index (Phi) is 6.29. The molecule has 0 aromatic rings. The Balaban J connectivity index is 4.69. The van der Waals surface area contributed by atoms with Gasteiger partial charge in [0.05, 0.1) is 0 Å². The molecule has 6 nitrogen and oxygen atoms in total. The summed E-state index contributed by atoms with van der Waals surface area (Å²) in [6.45, 7) is 9.08. The molecule has 0 aromatic heterocycles. The number of oxime groups is 1. The van der Waals surface area contributed by atoms with E-state index in [0.717, 1.165) is 6.54 Å². The molecule has 19 heavy (non-hydrogen) atoms. The maximum absolute atomic E-state index is 12.2. The van der Waals surface area contributed by atoms with Gasteiger partial charge in [-0.3, -0.25) is 4.79 Å². The minimum atomic E-state index is -0.969. The minimum Gasteiger partial charge on any atom is -0.409 e. The molecule has 0 fully saturated rings. The van der Waals surface area contributed by atoms with Crippen LogP contribution in [0, 0.1) is 10.8 Å². The molecule has 1 unspecified atom stereocenters. The minimum absolute atomic E-state index is 0.0427. The third-order valence-corrected chi connectivity index (χ3v) is 3.35.